The smallest absolute Gasteiger partial charge is 0.323 e. The summed E-state index contributed by atoms with van der Waals surface area (Å²) in [6.07, 6.45) is 0. The Morgan fingerprint density at radius 2 is 2.11 bits per heavy atom. The van der Waals surface area contributed by atoms with E-state index in [1.54, 1.807) is 0 Å². The molecule has 4 nitrogen and oxygen atoms in total. The highest BCUT2D eigenvalue weighted by Crippen LogP contribution is 2.22. The van der Waals surface area contributed by atoms with Crippen LogP contribution in [0, 0.1) is 0 Å². The Morgan fingerprint density at radius 1 is 1.44 bits per heavy atom. The Labute approximate surface area is 107 Å². The Hall–Kier alpha value is -1.39. The SMILES string of the molecule is CC1(C)CN(Cc2ccccc2)[C@@H](C(=O)O)CO1. The molecule has 0 unspecified atom stereocenters. The van der Waals surface area contributed by atoms with Gasteiger partial charge in [-0.1, -0.05) is 30.3 Å². The van der Waals surface area contributed by atoms with Gasteiger partial charge >= 0.3 is 5.97 Å². The maximum atomic E-state index is 11.2. The summed E-state index contributed by atoms with van der Waals surface area (Å²) in [5.41, 5.74) is 0.835. The first-order chi connectivity index (χ1) is 8.48. The van der Waals surface area contributed by atoms with E-state index in [4.69, 9.17) is 4.74 Å². The van der Waals surface area contributed by atoms with Crippen molar-refractivity contribution in [3.8, 4) is 0 Å². The van der Waals surface area contributed by atoms with Gasteiger partial charge in [-0.05, 0) is 19.4 Å². The van der Waals surface area contributed by atoms with Crippen molar-refractivity contribution in [1.29, 1.82) is 0 Å². The molecule has 1 N–H and O–H groups in total. The number of hydrogen-bond acceptors (Lipinski definition) is 3. The minimum atomic E-state index is -0.818. The highest BCUT2D eigenvalue weighted by molar-refractivity contribution is 5.73. The Balaban J connectivity index is 2.13. The summed E-state index contributed by atoms with van der Waals surface area (Å²) >= 11 is 0. The largest absolute Gasteiger partial charge is 0.480 e. The van der Waals surface area contributed by atoms with E-state index in [1.807, 2.05) is 49.1 Å². The van der Waals surface area contributed by atoms with Gasteiger partial charge in [0.25, 0.3) is 0 Å². The van der Waals surface area contributed by atoms with E-state index in [-0.39, 0.29) is 12.2 Å². The van der Waals surface area contributed by atoms with E-state index in [9.17, 15) is 9.90 Å². The monoisotopic (exact) mass is 249 g/mol. The van der Waals surface area contributed by atoms with E-state index >= 15 is 0 Å². The molecule has 0 saturated carbocycles. The lowest BCUT2D eigenvalue weighted by molar-refractivity contribution is -0.163. The number of carboxylic acid groups (broad SMARTS) is 1. The van der Waals surface area contributed by atoms with Crippen LogP contribution in [0.2, 0.25) is 0 Å². The molecule has 1 fully saturated rings. The van der Waals surface area contributed by atoms with Gasteiger partial charge in [0.15, 0.2) is 0 Å². The van der Waals surface area contributed by atoms with Crippen LogP contribution in [0.5, 0.6) is 0 Å². The molecule has 1 saturated heterocycles. The maximum Gasteiger partial charge on any atom is 0.323 e. The molecule has 0 amide bonds. The lowest BCUT2D eigenvalue weighted by Crippen LogP contribution is -2.56. The fourth-order valence-electron chi connectivity index (χ4n) is 2.27. The topological polar surface area (TPSA) is 49.8 Å². The van der Waals surface area contributed by atoms with Crippen LogP contribution < -0.4 is 0 Å². The average Bonchev–Trinajstić information content (AvgIpc) is 2.28. The van der Waals surface area contributed by atoms with Crippen LogP contribution in [0.4, 0.5) is 0 Å². The zero-order valence-corrected chi connectivity index (χ0v) is 10.8. The molecule has 1 aromatic rings. The van der Waals surface area contributed by atoms with Crippen LogP contribution in [0.15, 0.2) is 30.3 Å². The van der Waals surface area contributed by atoms with Gasteiger partial charge in [-0.25, -0.2) is 0 Å². The minimum absolute atomic E-state index is 0.245. The van der Waals surface area contributed by atoms with Crippen LogP contribution in [0.25, 0.3) is 0 Å². The molecule has 1 atom stereocenters. The molecule has 0 aromatic heterocycles. The number of carboxylic acids is 1. The number of aliphatic carboxylic acids is 1. The van der Waals surface area contributed by atoms with Crippen molar-refractivity contribution in [3.63, 3.8) is 0 Å². The summed E-state index contributed by atoms with van der Waals surface area (Å²) in [5.74, 6) is -0.818. The number of carbonyl (C=O) groups is 1. The van der Waals surface area contributed by atoms with Gasteiger partial charge in [-0.15, -0.1) is 0 Å². The normalized spacial score (nSPS) is 23.8. The first kappa shape index (κ1) is 13.1. The van der Waals surface area contributed by atoms with Crippen LogP contribution >= 0.6 is 0 Å². The zero-order chi connectivity index (χ0) is 13.2. The van der Waals surface area contributed by atoms with Gasteiger partial charge in [0.05, 0.1) is 12.2 Å². The quantitative estimate of drug-likeness (QED) is 0.886. The molecule has 1 aliphatic rings. The summed E-state index contributed by atoms with van der Waals surface area (Å²) in [7, 11) is 0. The number of morpholine rings is 1. The van der Waals surface area contributed by atoms with E-state index < -0.39 is 12.0 Å². The summed E-state index contributed by atoms with van der Waals surface area (Å²) < 4.78 is 5.58. The molecule has 1 heterocycles. The average molecular weight is 249 g/mol. The van der Waals surface area contributed by atoms with Crippen molar-refractivity contribution in [1.82, 2.24) is 4.90 Å². The second-order valence-corrected chi connectivity index (χ2v) is 5.32. The van der Waals surface area contributed by atoms with Gasteiger partial charge in [0.2, 0.25) is 0 Å². The van der Waals surface area contributed by atoms with Crippen LogP contribution in [-0.2, 0) is 16.1 Å². The molecule has 98 valence electrons. The van der Waals surface area contributed by atoms with Crippen molar-refractivity contribution in [2.24, 2.45) is 0 Å². The molecule has 2 rings (SSSR count). The number of nitrogens with zero attached hydrogens (tertiary/aromatic N) is 1. The third-order valence-electron chi connectivity index (χ3n) is 3.17. The summed E-state index contributed by atoms with van der Waals surface area (Å²) in [6, 6.07) is 9.37. The van der Waals surface area contributed by atoms with Gasteiger partial charge in [0.1, 0.15) is 6.04 Å². The van der Waals surface area contributed by atoms with Crippen molar-refractivity contribution < 1.29 is 14.6 Å². The van der Waals surface area contributed by atoms with Crippen LogP contribution in [-0.4, -0.2) is 40.8 Å². The summed E-state index contributed by atoms with van der Waals surface area (Å²) in [6.45, 7) is 5.49. The van der Waals surface area contributed by atoms with Crippen LogP contribution in [0.3, 0.4) is 0 Å². The first-order valence-corrected chi connectivity index (χ1v) is 6.13. The van der Waals surface area contributed by atoms with Gasteiger partial charge in [-0.3, -0.25) is 9.69 Å². The molecule has 1 aliphatic heterocycles. The number of rotatable bonds is 3. The second-order valence-electron chi connectivity index (χ2n) is 5.32. The predicted molar refractivity (Wildman–Crippen MR) is 68.3 cm³/mol. The van der Waals surface area contributed by atoms with Gasteiger partial charge in [0, 0.05) is 13.1 Å². The molecular weight excluding hydrogens is 230 g/mol. The van der Waals surface area contributed by atoms with Crippen molar-refractivity contribution >= 4 is 5.97 Å². The van der Waals surface area contributed by atoms with E-state index in [2.05, 4.69) is 0 Å². The molecule has 18 heavy (non-hydrogen) atoms. The molecule has 1 aromatic carbocycles. The van der Waals surface area contributed by atoms with Crippen molar-refractivity contribution in [2.75, 3.05) is 13.2 Å². The lowest BCUT2D eigenvalue weighted by atomic mass is 10.0. The molecule has 4 heteroatoms. The lowest BCUT2D eigenvalue weighted by Gasteiger charge is -2.41. The predicted octanol–water partition coefficient (Wildman–Crippen LogP) is 1.75. The fraction of sp³-hybridized carbons (Fsp3) is 0.500. The minimum Gasteiger partial charge on any atom is -0.480 e. The van der Waals surface area contributed by atoms with Gasteiger partial charge < -0.3 is 9.84 Å². The van der Waals surface area contributed by atoms with Crippen molar-refractivity contribution in [2.45, 2.75) is 32.0 Å². The van der Waals surface area contributed by atoms with Crippen molar-refractivity contribution in [3.05, 3.63) is 35.9 Å². The van der Waals surface area contributed by atoms with E-state index in [0.717, 1.165) is 5.56 Å². The molecule has 0 spiro atoms. The number of benzene rings is 1. The zero-order valence-electron chi connectivity index (χ0n) is 10.8. The standard InChI is InChI=1S/C14H19NO3/c1-14(2)10-15(12(9-18-14)13(16)17)8-11-6-4-3-5-7-11/h3-7,12H,8-10H2,1-2H3,(H,16,17)/t12-/m1/s1. The highest BCUT2D eigenvalue weighted by atomic mass is 16.5. The third-order valence-corrected chi connectivity index (χ3v) is 3.17. The first-order valence-electron chi connectivity index (χ1n) is 6.13. The summed E-state index contributed by atoms with van der Waals surface area (Å²) in [4.78, 5) is 13.2. The number of ether oxygens (including phenoxy) is 1. The molecule has 0 aliphatic carbocycles. The summed E-state index contributed by atoms with van der Waals surface area (Å²) in [5, 5.41) is 9.24. The Morgan fingerprint density at radius 3 is 2.72 bits per heavy atom. The Bertz CT molecular complexity index is 416. The molecular formula is C14H19NO3. The molecule has 0 bridgehead atoms. The van der Waals surface area contributed by atoms with Gasteiger partial charge in [-0.2, -0.15) is 0 Å². The van der Waals surface area contributed by atoms with E-state index in [1.165, 1.54) is 0 Å². The fourth-order valence-corrected chi connectivity index (χ4v) is 2.27. The highest BCUT2D eigenvalue weighted by Gasteiger charge is 2.37. The van der Waals surface area contributed by atoms with Crippen LogP contribution in [0.1, 0.15) is 19.4 Å². The second kappa shape index (κ2) is 5.08. The Kier molecular flexibility index (Phi) is 3.68. The van der Waals surface area contributed by atoms with E-state index in [0.29, 0.717) is 13.1 Å². The third kappa shape index (κ3) is 3.09. The number of hydrogen-bond donors (Lipinski definition) is 1. The maximum absolute atomic E-state index is 11.2. The molecule has 0 radical (unpaired) electrons.